The maximum Gasteiger partial charge on any atom is 0.336 e. The Kier molecular flexibility index (Phi) is 8.33. The standard InChI is InChI=1S/C31H33FIN5O6/c1-16-25-24(26(35(6)27(16)40)34-23-13-10-18(33)14-22(23)32)28(41)38(19-11-12-19)29(42)37(25)21-9-7-8-20(15-21)36(17(2)39)30(43)44-31(3,4)5/h7-10,13-15,19,30,34,43H,11-12H2,1-6H3. The number of hydrogen-bond donors (Lipinski definition) is 2. The molecule has 44 heavy (non-hydrogen) atoms. The van der Waals surface area contributed by atoms with Crippen molar-refractivity contribution in [1.82, 2.24) is 13.7 Å². The van der Waals surface area contributed by atoms with E-state index >= 15 is 0 Å². The van der Waals surface area contributed by atoms with Crippen LogP contribution in [0.3, 0.4) is 0 Å². The first-order valence-electron chi connectivity index (χ1n) is 14.0. The molecule has 2 N–H and O–H groups in total. The molecule has 1 atom stereocenters. The van der Waals surface area contributed by atoms with E-state index in [4.69, 9.17) is 4.74 Å². The lowest BCUT2D eigenvalue weighted by atomic mass is 10.1. The Hall–Kier alpha value is -3.82. The zero-order chi connectivity index (χ0) is 32.2. The molecule has 0 spiro atoms. The molecule has 1 unspecified atom stereocenters. The average Bonchev–Trinajstić information content (AvgIpc) is 3.75. The van der Waals surface area contributed by atoms with Gasteiger partial charge in [-0.3, -0.25) is 33.0 Å². The molecule has 2 aromatic carbocycles. The number of nitrogens with one attached hydrogen (secondary N) is 1. The van der Waals surface area contributed by atoms with Gasteiger partial charge in [0.05, 0.1) is 28.2 Å². The summed E-state index contributed by atoms with van der Waals surface area (Å²) in [6.07, 6.45) is -0.395. The molecule has 0 bridgehead atoms. The van der Waals surface area contributed by atoms with Crippen molar-refractivity contribution >= 4 is 56.6 Å². The molecule has 2 aromatic heterocycles. The number of pyridine rings is 1. The summed E-state index contributed by atoms with van der Waals surface area (Å²) in [4.78, 5) is 55.5. The molecular weight excluding hydrogens is 684 g/mol. The topological polar surface area (TPSA) is 128 Å². The van der Waals surface area contributed by atoms with Crippen LogP contribution in [-0.2, 0) is 16.6 Å². The van der Waals surface area contributed by atoms with Crippen LogP contribution in [0.4, 0.5) is 21.6 Å². The number of aliphatic hydroxyl groups is 1. The van der Waals surface area contributed by atoms with Crippen LogP contribution in [0.1, 0.15) is 52.1 Å². The predicted octanol–water partition coefficient (Wildman–Crippen LogP) is 4.43. The van der Waals surface area contributed by atoms with Gasteiger partial charge in [-0.25, -0.2) is 9.18 Å². The smallest absolute Gasteiger partial charge is 0.336 e. The van der Waals surface area contributed by atoms with Crippen LogP contribution in [0.25, 0.3) is 16.6 Å². The van der Waals surface area contributed by atoms with E-state index in [2.05, 4.69) is 5.32 Å². The van der Waals surface area contributed by atoms with Gasteiger partial charge in [-0.15, -0.1) is 0 Å². The number of fused-ring (bicyclic) bond motifs is 1. The zero-order valence-electron chi connectivity index (χ0n) is 25.1. The Balaban J connectivity index is 1.83. The summed E-state index contributed by atoms with van der Waals surface area (Å²) in [5.74, 6) is -1.07. The normalized spacial score (nSPS) is 14.1. The van der Waals surface area contributed by atoms with E-state index < -0.39 is 40.5 Å². The fraction of sp³-hybridized carbons (Fsp3) is 0.355. The third-order valence-electron chi connectivity index (χ3n) is 7.32. The van der Waals surface area contributed by atoms with Crippen LogP contribution in [0, 0.1) is 16.3 Å². The van der Waals surface area contributed by atoms with Gasteiger partial charge in [-0.05, 0) is 99.5 Å². The second kappa shape index (κ2) is 11.6. The molecule has 1 saturated carbocycles. The number of amides is 1. The molecule has 0 radical (unpaired) electrons. The van der Waals surface area contributed by atoms with Crippen molar-refractivity contribution in [3.63, 3.8) is 0 Å². The Labute approximate surface area is 265 Å². The summed E-state index contributed by atoms with van der Waals surface area (Å²) < 4.78 is 24.9. The molecule has 13 heteroatoms. The summed E-state index contributed by atoms with van der Waals surface area (Å²) in [5.41, 5.74) is -1.87. The number of ether oxygens (including phenoxy) is 1. The molecule has 1 aliphatic carbocycles. The van der Waals surface area contributed by atoms with E-state index in [0.717, 1.165) is 9.47 Å². The van der Waals surface area contributed by atoms with Crippen LogP contribution < -0.4 is 27.0 Å². The van der Waals surface area contributed by atoms with Crippen molar-refractivity contribution in [1.29, 1.82) is 0 Å². The molecule has 2 heterocycles. The Morgan fingerprint density at radius 2 is 1.82 bits per heavy atom. The van der Waals surface area contributed by atoms with Crippen LogP contribution in [0.2, 0.25) is 0 Å². The molecule has 0 aliphatic heterocycles. The molecule has 5 rings (SSSR count). The highest BCUT2D eigenvalue weighted by molar-refractivity contribution is 14.1. The van der Waals surface area contributed by atoms with Gasteiger partial charge < -0.3 is 15.2 Å². The van der Waals surface area contributed by atoms with Crippen LogP contribution >= 0.6 is 22.6 Å². The van der Waals surface area contributed by atoms with E-state index in [0.29, 0.717) is 16.4 Å². The number of aliphatic hydroxyl groups excluding tert-OH is 1. The van der Waals surface area contributed by atoms with Gasteiger partial charge in [-0.1, -0.05) is 6.07 Å². The number of halogens is 2. The molecular formula is C31H33FIN5O6. The number of benzene rings is 2. The van der Waals surface area contributed by atoms with E-state index in [1.54, 1.807) is 45.0 Å². The van der Waals surface area contributed by atoms with E-state index in [1.165, 1.54) is 48.2 Å². The average molecular weight is 718 g/mol. The summed E-state index contributed by atoms with van der Waals surface area (Å²) >= 11 is 1.98. The van der Waals surface area contributed by atoms with E-state index in [1.807, 2.05) is 22.6 Å². The number of aryl methyl sites for hydroxylation is 1. The Bertz CT molecular complexity index is 1990. The summed E-state index contributed by atoms with van der Waals surface area (Å²) in [6, 6.07) is 10.4. The quantitative estimate of drug-likeness (QED) is 0.214. The maximum atomic E-state index is 15.0. The SMILES string of the molecule is CC(=O)N(c1cccc(-n2c(=O)n(C3CC3)c(=O)c3c(Nc4ccc(I)cc4F)n(C)c(=O)c(C)c32)c1)C(O)OC(C)(C)C. The van der Waals surface area contributed by atoms with Crippen molar-refractivity contribution in [2.75, 3.05) is 10.2 Å². The summed E-state index contributed by atoms with van der Waals surface area (Å²) in [6.45, 7) is 7.98. The van der Waals surface area contributed by atoms with Gasteiger partial charge >= 0.3 is 5.69 Å². The fourth-order valence-electron chi connectivity index (χ4n) is 5.19. The van der Waals surface area contributed by atoms with Crippen molar-refractivity contribution < 1.29 is 19.0 Å². The Morgan fingerprint density at radius 1 is 1.14 bits per heavy atom. The Morgan fingerprint density at radius 3 is 2.41 bits per heavy atom. The van der Waals surface area contributed by atoms with E-state index in [-0.39, 0.29) is 45.4 Å². The van der Waals surface area contributed by atoms with Crippen molar-refractivity contribution in [3.05, 3.63) is 88.6 Å². The third-order valence-corrected chi connectivity index (χ3v) is 8.00. The zero-order valence-corrected chi connectivity index (χ0v) is 27.3. The number of aromatic nitrogens is 3. The first-order valence-corrected chi connectivity index (χ1v) is 15.1. The third kappa shape index (κ3) is 5.83. The van der Waals surface area contributed by atoms with Gasteiger partial charge in [0.15, 0.2) is 0 Å². The minimum absolute atomic E-state index is 0.0268. The lowest BCUT2D eigenvalue weighted by molar-refractivity contribution is -0.169. The maximum absolute atomic E-state index is 15.0. The molecule has 1 fully saturated rings. The van der Waals surface area contributed by atoms with Gasteiger partial charge in [0.1, 0.15) is 17.0 Å². The summed E-state index contributed by atoms with van der Waals surface area (Å²) in [5, 5.41) is 13.8. The first-order chi connectivity index (χ1) is 20.6. The number of anilines is 3. The van der Waals surface area contributed by atoms with E-state index in [9.17, 15) is 28.7 Å². The number of hydrogen-bond acceptors (Lipinski definition) is 7. The van der Waals surface area contributed by atoms with Crippen LogP contribution in [0.15, 0.2) is 56.8 Å². The highest BCUT2D eigenvalue weighted by Gasteiger charge is 2.32. The van der Waals surface area contributed by atoms with Crippen LogP contribution in [0.5, 0.6) is 0 Å². The second-order valence-corrected chi connectivity index (χ2v) is 13.0. The second-order valence-electron chi connectivity index (χ2n) is 11.8. The largest absolute Gasteiger partial charge is 0.351 e. The number of carbonyl (C=O) groups excluding carboxylic acids is 1. The molecule has 232 valence electrons. The fourth-order valence-corrected chi connectivity index (χ4v) is 5.64. The van der Waals surface area contributed by atoms with Gasteiger partial charge in [0.25, 0.3) is 11.1 Å². The lowest BCUT2D eigenvalue weighted by Gasteiger charge is -2.32. The van der Waals surface area contributed by atoms with Gasteiger partial charge in [0, 0.05) is 29.1 Å². The van der Waals surface area contributed by atoms with Crippen molar-refractivity contribution in [2.24, 2.45) is 7.05 Å². The molecule has 0 saturated heterocycles. The molecule has 1 amide bonds. The number of rotatable bonds is 7. The van der Waals surface area contributed by atoms with Crippen molar-refractivity contribution in [3.8, 4) is 5.69 Å². The monoisotopic (exact) mass is 717 g/mol. The highest BCUT2D eigenvalue weighted by Crippen LogP contribution is 2.34. The van der Waals surface area contributed by atoms with Crippen molar-refractivity contribution in [2.45, 2.75) is 65.5 Å². The predicted molar refractivity (Wildman–Crippen MR) is 174 cm³/mol. The van der Waals surface area contributed by atoms with Crippen LogP contribution in [-0.4, -0.2) is 36.7 Å². The molecule has 4 aromatic rings. The number of nitrogens with zero attached hydrogens (tertiary/aromatic N) is 4. The number of carbonyl (C=O) groups is 1. The minimum atomic E-state index is -1.63. The van der Waals surface area contributed by atoms with Gasteiger partial charge in [0.2, 0.25) is 12.3 Å². The summed E-state index contributed by atoms with van der Waals surface area (Å²) in [7, 11) is 1.47. The molecule has 1 aliphatic rings. The molecule has 11 nitrogen and oxygen atoms in total. The minimum Gasteiger partial charge on any atom is -0.351 e. The highest BCUT2D eigenvalue weighted by atomic mass is 127. The first kappa shape index (κ1) is 31.6. The van der Waals surface area contributed by atoms with Gasteiger partial charge in [-0.2, -0.15) is 0 Å². The lowest BCUT2D eigenvalue weighted by Crippen LogP contribution is -2.44.